The molecule has 2 N–H and O–H groups in total. The number of aromatic nitrogens is 4. The van der Waals surface area contributed by atoms with Crippen LogP contribution in [0.2, 0.25) is 0 Å². The Morgan fingerprint density at radius 3 is 2.05 bits per heavy atom. The summed E-state index contributed by atoms with van der Waals surface area (Å²) in [7, 11) is 0. The minimum absolute atomic E-state index is 0.0584. The molecule has 0 spiro atoms. The van der Waals surface area contributed by atoms with Gasteiger partial charge in [-0.2, -0.15) is 9.78 Å². The zero-order chi connectivity index (χ0) is 14.1. The van der Waals surface area contributed by atoms with Gasteiger partial charge >= 0.3 is 5.82 Å². The first-order valence-corrected chi connectivity index (χ1v) is 6.63. The number of nitrogens with two attached hydrogens (primary N) is 1. The van der Waals surface area contributed by atoms with Crippen molar-refractivity contribution in [1.29, 1.82) is 0 Å². The molecule has 0 saturated heterocycles. The molecule has 2 aliphatic rings. The molecule has 2 aromatic heterocycles. The third-order valence-electron chi connectivity index (χ3n) is 3.25. The molecule has 2 aromatic rings. The molecule has 0 atom stereocenters. The fourth-order valence-corrected chi connectivity index (χ4v) is 1.86. The fourth-order valence-electron chi connectivity index (χ4n) is 1.86. The molecule has 2 heterocycles. The first-order valence-electron chi connectivity index (χ1n) is 6.63. The third kappa shape index (κ3) is 2.95. The zero-order valence-electron chi connectivity index (χ0n) is 10.9. The summed E-state index contributed by atoms with van der Waals surface area (Å²) < 4.78 is 3.60. The average molecular weight is 276 g/mol. The van der Waals surface area contributed by atoms with Crippen LogP contribution >= 0.6 is 0 Å². The average Bonchev–Trinajstić information content (AvgIpc) is 3.35. The summed E-state index contributed by atoms with van der Waals surface area (Å²) in [5.41, 5.74) is 5.41. The summed E-state index contributed by atoms with van der Waals surface area (Å²) in [5.74, 6) is 0.568. The minimum Gasteiger partial charge on any atom is -0.382 e. The Bertz CT molecular complexity index is 611. The minimum atomic E-state index is -0.473. The molecular weight excluding hydrogens is 260 g/mol. The molecule has 4 rings (SSSR count). The van der Waals surface area contributed by atoms with Gasteiger partial charge in [-0.15, -0.1) is 0 Å². The zero-order valence-corrected chi connectivity index (χ0v) is 10.9. The maximum absolute atomic E-state index is 10.2. The number of hydrogen-bond donors (Lipinski definition) is 1. The predicted octanol–water partition coefficient (Wildman–Crippen LogP) is 1.93. The lowest BCUT2D eigenvalue weighted by atomic mass is 10.6. The lowest BCUT2D eigenvalue weighted by Crippen LogP contribution is -1.95. The molecule has 0 amide bonds. The van der Waals surface area contributed by atoms with Crippen molar-refractivity contribution in [3.8, 4) is 0 Å². The summed E-state index contributed by atoms with van der Waals surface area (Å²) in [6.07, 6.45) is 8.32. The fraction of sp³-hybridized carbons (Fsp3) is 0.500. The summed E-state index contributed by atoms with van der Waals surface area (Å²) in [6.45, 7) is 0. The van der Waals surface area contributed by atoms with Gasteiger partial charge in [0.05, 0.1) is 29.4 Å². The van der Waals surface area contributed by atoms with E-state index in [4.69, 9.17) is 5.73 Å². The Morgan fingerprint density at radius 2 is 1.65 bits per heavy atom. The van der Waals surface area contributed by atoms with Crippen LogP contribution in [0.4, 0.5) is 11.6 Å². The molecule has 0 unspecified atom stereocenters. The van der Waals surface area contributed by atoms with E-state index in [-0.39, 0.29) is 5.82 Å². The smallest absolute Gasteiger partial charge is 0.382 e. The van der Waals surface area contributed by atoms with Gasteiger partial charge in [0, 0.05) is 6.20 Å². The van der Waals surface area contributed by atoms with Crippen LogP contribution in [0, 0.1) is 10.1 Å². The maximum atomic E-state index is 10.2. The topological polar surface area (TPSA) is 105 Å². The molecular formula is C12H16N6O2. The lowest BCUT2D eigenvalue weighted by Gasteiger charge is -1.91. The van der Waals surface area contributed by atoms with Crippen molar-refractivity contribution in [1.82, 2.24) is 19.6 Å². The quantitative estimate of drug-likeness (QED) is 0.681. The summed E-state index contributed by atoms with van der Waals surface area (Å²) in [5, 5.41) is 18.0. The van der Waals surface area contributed by atoms with Crippen molar-refractivity contribution in [2.45, 2.75) is 37.8 Å². The van der Waals surface area contributed by atoms with Gasteiger partial charge in [0.25, 0.3) is 0 Å². The number of nitrogen functional groups attached to an aromatic ring is 1. The van der Waals surface area contributed by atoms with Crippen molar-refractivity contribution in [3.63, 3.8) is 0 Å². The van der Waals surface area contributed by atoms with Gasteiger partial charge in [-0.25, -0.2) is 0 Å². The van der Waals surface area contributed by atoms with Gasteiger partial charge < -0.3 is 15.8 Å². The van der Waals surface area contributed by atoms with Crippen LogP contribution in [0.25, 0.3) is 0 Å². The molecule has 0 aliphatic heterocycles. The van der Waals surface area contributed by atoms with Crippen LogP contribution in [0.3, 0.4) is 0 Å². The molecule has 106 valence electrons. The van der Waals surface area contributed by atoms with E-state index in [9.17, 15) is 10.1 Å². The first-order chi connectivity index (χ1) is 9.63. The Kier molecular flexibility index (Phi) is 3.13. The Labute approximate surface area is 115 Å². The number of anilines is 1. The van der Waals surface area contributed by atoms with Crippen molar-refractivity contribution in [3.05, 3.63) is 34.6 Å². The molecule has 20 heavy (non-hydrogen) atoms. The molecule has 8 heteroatoms. The standard InChI is InChI=1S/C6H7N3O2.C6H9N3/c10-9(11)6-3-4-8(7-6)5-1-2-5;7-6-3-4-9(8-6)5-1-2-5/h3-5H,1-2H2;3-5H,1-2H2,(H2,7,8). The van der Waals surface area contributed by atoms with Crippen LogP contribution in [-0.4, -0.2) is 24.5 Å². The molecule has 0 bridgehead atoms. The van der Waals surface area contributed by atoms with Crippen LogP contribution in [0.15, 0.2) is 24.5 Å². The highest BCUT2D eigenvalue weighted by Gasteiger charge is 2.28. The van der Waals surface area contributed by atoms with E-state index < -0.39 is 4.92 Å². The number of nitro groups is 1. The van der Waals surface area contributed by atoms with E-state index in [0.717, 1.165) is 12.8 Å². The molecule has 2 fully saturated rings. The molecule has 0 aromatic carbocycles. The molecule has 0 radical (unpaired) electrons. The van der Waals surface area contributed by atoms with Crippen molar-refractivity contribution < 1.29 is 4.92 Å². The maximum Gasteiger partial charge on any atom is 0.389 e. The van der Waals surface area contributed by atoms with Crippen molar-refractivity contribution in [2.75, 3.05) is 5.73 Å². The van der Waals surface area contributed by atoms with Gasteiger partial charge in [0.1, 0.15) is 5.82 Å². The monoisotopic (exact) mass is 276 g/mol. The second-order valence-electron chi connectivity index (χ2n) is 5.09. The van der Waals surface area contributed by atoms with Gasteiger partial charge in [-0.1, -0.05) is 0 Å². The Balaban J connectivity index is 0.000000123. The summed E-state index contributed by atoms with van der Waals surface area (Å²) in [6, 6.07) is 4.34. The van der Waals surface area contributed by atoms with E-state index in [0.29, 0.717) is 17.9 Å². The van der Waals surface area contributed by atoms with E-state index >= 15 is 0 Å². The second-order valence-corrected chi connectivity index (χ2v) is 5.09. The van der Waals surface area contributed by atoms with Gasteiger partial charge in [0.15, 0.2) is 0 Å². The predicted molar refractivity (Wildman–Crippen MR) is 72.1 cm³/mol. The van der Waals surface area contributed by atoms with Crippen LogP contribution in [0.1, 0.15) is 37.8 Å². The van der Waals surface area contributed by atoms with Crippen LogP contribution in [-0.2, 0) is 0 Å². The van der Waals surface area contributed by atoms with Crippen LogP contribution < -0.4 is 5.73 Å². The van der Waals surface area contributed by atoms with E-state index in [1.165, 1.54) is 18.9 Å². The van der Waals surface area contributed by atoms with Crippen molar-refractivity contribution >= 4 is 11.6 Å². The van der Waals surface area contributed by atoms with Gasteiger partial charge in [0.2, 0.25) is 0 Å². The van der Waals surface area contributed by atoms with Crippen molar-refractivity contribution in [2.24, 2.45) is 0 Å². The van der Waals surface area contributed by atoms with E-state index in [1.807, 2.05) is 16.9 Å². The lowest BCUT2D eigenvalue weighted by molar-refractivity contribution is -0.389. The second kappa shape index (κ2) is 4.95. The summed E-state index contributed by atoms with van der Waals surface area (Å²) >= 11 is 0. The third-order valence-corrected chi connectivity index (χ3v) is 3.25. The number of hydrogen-bond acceptors (Lipinski definition) is 5. The molecule has 2 aliphatic carbocycles. The first kappa shape index (κ1) is 12.6. The highest BCUT2D eigenvalue weighted by Crippen LogP contribution is 2.34. The largest absolute Gasteiger partial charge is 0.389 e. The molecule has 2 saturated carbocycles. The Morgan fingerprint density at radius 1 is 1.10 bits per heavy atom. The normalized spacial score (nSPS) is 17.4. The highest BCUT2D eigenvalue weighted by atomic mass is 16.6. The number of rotatable bonds is 3. The van der Waals surface area contributed by atoms with Crippen LogP contribution in [0.5, 0.6) is 0 Å². The van der Waals surface area contributed by atoms with E-state index in [1.54, 1.807) is 10.9 Å². The Hall–Kier alpha value is -2.38. The van der Waals surface area contributed by atoms with E-state index in [2.05, 4.69) is 10.2 Å². The SMILES string of the molecule is Nc1ccn(C2CC2)n1.O=[N+]([O-])c1ccn(C2CC2)n1. The van der Waals surface area contributed by atoms with Gasteiger partial charge in [-0.05, 0) is 36.7 Å². The highest BCUT2D eigenvalue weighted by molar-refractivity contribution is 5.24. The summed E-state index contributed by atoms with van der Waals surface area (Å²) in [4.78, 5) is 9.71. The molecule has 8 nitrogen and oxygen atoms in total. The number of nitrogens with zero attached hydrogens (tertiary/aromatic N) is 5. The van der Waals surface area contributed by atoms with Gasteiger partial charge in [-0.3, -0.25) is 4.68 Å².